The van der Waals surface area contributed by atoms with Gasteiger partial charge in [-0.05, 0) is 43.9 Å². The molecule has 0 unspecified atom stereocenters. The van der Waals surface area contributed by atoms with Crippen LogP contribution in [0.2, 0.25) is 0 Å². The highest BCUT2D eigenvalue weighted by Crippen LogP contribution is 2.26. The average molecular weight is 222 g/mol. The first-order valence-corrected chi connectivity index (χ1v) is 6.01. The predicted octanol–water partition coefficient (Wildman–Crippen LogP) is 2.39. The molecule has 2 nitrogen and oxygen atoms in total. The third kappa shape index (κ3) is 2.53. The predicted molar refractivity (Wildman–Crippen MR) is 65.0 cm³/mol. The molecular formula is C13H19FN2. The van der Waals surface area contributed by atoms with Crippen LogP contribution in [0.5, 0.6) is 0 Å². The fourth-order valence-electron chi connectivity index (χ4n) is 2.41. The molecule has 0 saturated carbocycles. The fourth-order valence-corrected chi connectivity index (χ4v) is 2.41. The van der Waals surface area contributed by atoms with Gasteiger partial charge in [0.25, 0.3) is 0 Å². The summed E-state index contributed by atoms with van der Waals surface area (Å²) in [6, 6.07) is 7.02. The molecule has 0 spiro atoms. The van der Waals surface area contributed by atoms with Gasteiger partial charge in [0.1, 0.15) is 5.82 Å². The van der Waals surface area contributed by atoms with Crippen LogP contribution in [0.25, 0.3) is 0 Å². The molecule has 1 fully saturated rings. The molecular weight excluding hydrogens is 203 g/mol. The van der Waals surface area contributed by atoms with E-state index in [1.807, 2.05) is 12.1 Å². The number of rotatable bonds is 3. The molecule has 0 bridgehead atoms. The Hall–Kier alpha value is -1.09. The molecule has 1 aliphatic rings. The van der Waals surface area contributed by atoms with E-state index in [2.05, 4.69) is 4.90 Å². The van der Waals surface area contributed by atoms with Crippen LogP contribution in [0.3, 0.4) is 0 Å². The second kappa shape index (κ2) is 5.30. The van der Waals surface area contributed by atoms with Crippen LogP contribution >= 0.6 is 0 Å². The summed E-state index contributed by atoms with van der Waals surface area (Å²) in [6.07, 6.45) is 3.36. The topological polar surface area (TPSA) is 29.3 Å². The Morgan fingerprint density at radius 3 is 2.56 bits per heavy atom. The Labute approximate surface area is 96.2 Å². The van der Waals surface area contributed by atoms with Gasteiger partial charge in [-0.3, -0.25) is 0 Å². The molecule has 1 aromatic rings. The first-order valence-electron chi connectivity index (χ1n) is 6.01. The molecule has 1 saturated heterocycles. The molecule has 0 radical (unpaired) electrons. The summed E-state index contributed by atoms with van der Waals surface area (Å²) in [4.78, 5) is 2.14. The van der Waals surface area contributed by atoms with Gasteiger partial charge in [-0.25, -0.2) is 4.39 Å². The minimum Gasteiger partial charge on any atom is -0.369 e. The summed E-state index contributed by atoms with van der Waals surface area (Å²) in [5, 5.41) is 0. The van der Waals surface area contributed by atoms with Gasteiger partial charge in [0.05, 0.1) is 5.69 Å². The van der Waals surface area contributed by atoms with Crippen LogP contribution in [0.4, 0.5) is 10.1 Å². The standard InChI is InChI=1S/C13H19FN2/c14-12-3-1-2-4-13(12)16-9-6-11(5-8-15)7-10-16/h1-4,11H,5-10,15H2. The van der Waals surface area contributed by atoms with Crippen molar-refractivity contribution in [1.82, 2.24) is 0 Å². The highest BCUT2D eigenvalue weighted by Gasteiger charge is 2.20. The largest absolute Gasteiger partial charge is 0.369 e. The van der Waals surface area contributed by atoms with Gasteiger partial charge in [-0.15, -0.1) is 0 Å². The summed E-state index contributed by atoms with van der Waals surface area (Å²) in [5.41, 5.74) is 6.30. The molecule has 0 atom stereocenters. The molecule has 16 heavy (non-hydrogen) atoms. The number of benzene rings is 1. The highest BCUT2D eigenvalue weighted by molar-refractivity contribution is 5.47. The average Bonchev–Trinajstić information content (AvgIpc) is 2.31. The van der Waals surface area contributed by atoms with E-state index in [1.54, 1.807) is 6.07 Å². The van der Waals surface area contributed by atoms with Crippen molar-refractivity contribution in [2.24, 2.45) is 11.7 Å². The lowest BCUT2D eigenvalue weighted by atomic mass is 9.93. The molecule has 88 valence electrons. The van der Waals surface area contributed by atoms with Crippen molar-refractivity contribution < 1.29 is 4.39 Å². The van der Waals surface area contributed by atoms with E-state index in [0.29, 0.717) is 0 Å². The minimum absolute atomic E-state index is 0.111. The summed E-state index contributed by atoms with van der Waals surface area (Å²) in [5.74, 6) is 0.618. The van der Waals surface area contributed by atoms with Gasteiger partial charge in [0.2, 0.25) is 0 Å². The van der Waals surface area contributed by atoms with Crippen LogP contribution in [0.15, 0.2) is 24.3 Å². The number of nitrogens with zero attached hydrogens (tertiary/aromatic N) is 1. The van der Waals surface area contributed by atoms with Gasteiger partial charge >= 0.3 is 0 Å². The van der Waals surface area contributed by atoms with E-state index in [0.717, 1.165) is 50.5 Å². The van der Waals surface area contributed by atoms with Crippen LogP contribution in [-0.4, -0.2) is 19.6 Å². The molecule has 2 rings (SSSR count). The summed E-state index contributed by atoms with van der Waals surface area (Å²) >= 11 is 0. The normalized spacial score (nSPS) is 17.8. The maximum Gasteiger partial charge on any atom is 0.146 e. The Morgan fingerprint density at radius 2 is 1.94 bits per heavy atom. The van der Waals surface area contributed by atoms with Crippen molar-refractivity contribution in [2.75, 3.05) is 24.5 Å². The van der Waals surface area contributed by atoms with E-state index in [9.17, 15) is 4.39 Å². The van der Waals surface area contributed by atoms with Crippen molar-refractivity contribution in [1.29, 1.82) is 0 Å². The molecule has 1 aliphatic heterocycles. The lowest BCUT2D eigenvalue weighted by Crippen LogP contribution is -2.34. The van der Waals surface area contributed by atoms with Gasteiger partial charge in [-0.1, -0.05) is 12.1 Å². The monoisotopic (exact) mass is 222 g/mol. The Morgan fingerprint density at radius 1 is 1.25 bits per heavy atom. The Kier molecular flexibility index (Phi) is 3.78. The third-order valence-corrected chi connectivity index (χ3v) is 3.38. The zero-order chi connectivity index (χ0) is 11.4. The molecule has 0 aromatic heterocycles. The fraction of sp³-hybridized carbons (Fsp3) is 0.538. The zero-order valence-electron chi connectivity index (χ0n) is 9.53. The third-order valence-electron chi connectivity index (χ3n) is 3.38. The van der Waals surface area contributed by atoms with E-state index in [4.69, 9.17) is 5.73 Å². The van der Waals surface area contributed by atoms with Gasteiger partial charge < -0.3 is 10.6 Å². The lowest BCUT2D eigenvalue weighted by molar-refractivity contribution is 0.384. The van der Waals surface area contributed by atoms with Crippen molar-refractivity contribution in [3.8, 4) is 0 Å². The molecule has 0 amide bonds. The molecule has 0 aliphatic carbocycles. The van der Waals surface area contributed by atoms with Crippen molar-refractivity contribution in [3.05, 3.63) is 30.1 Å². The van der Waals surface area contributed by atoms with Crippen LogP contribution in [-0.2, 0) is 0 Å². The lowest BCUT2D eigenvalue weighted by Gasteiger charge is -2.33. The summed E-state index contributed by atoms with van der Waals surface area (Å²) in [6.45, 7) is 2.67. The number of halogens is 1. The number of anilines is 1. The van der Waals surface area contributed by atoms with E-state index in [1.165, 1.54) is 6.07 Å². The molecule has 1 heterocycles. The minimum atomic E-state index is -0.111. The number of para-hydroxylation sites is 1. The van der Waals surface area contributed by atoms with Gasteiger partial charge in [-0.2, -0.15) is 0 Å². The van der Waals surface area contributed by atoms with Crippen LogP contribution in [0, 0.1) is 11.7 Å². The molecule has 3 heteroatoms. The first kappa shape index (κ1) is 11.4. The van der Waals surface area contributed by atoms with E-state index < -0.39 is 0 Å². The number of nitrogens with two attached hydrogens (primary N) is 1. The van der Waals surface area contributed by atoms with Crippen molar-refractivity contribution in [3.63, 3.8) is 0 Å². The van der Waals surface area contributed by atoms with Gasteiger partial charge in [0.15, 0.2) is 0 Å². The van der Waals surface area contributed by atoms with Crippen LogP contribution in [0.1, 0.15) is 19.3 Å². The van der Waals surface area contributed by atoms with Gasteiger partial charge in [0, 0.05) is 13.1 Å². The summed E-state index contributed by atoms with van der Waals surface area (Å²) in [7, 11) is 0. The Balaban J connectivity index is 1.96. The first-order chi connectivity index (χ1) is 7.81. The summed E-state index contributed by atoms with van der Waals surface area (Å²) < 4.78 is 13.6. The zero-order valence-corrected chi connectivity index (χ0v) is 9.53. The quantitative estimate of drug-likeness (QED) is 0.851. The maximum absolute atomic E-state index is 13.6. The smallest absolute Gasteiger partial charge is 0.146 e. The van der Waals surface area contributed by atoms with Crippen molar-refractivity contribution >= 4 is 5.69 Å². The van der Waals surface area contributed by atoms with E-state index in [-0.39, 0.29) is 5.82 Å². The van der Waals surface area contributed by atoms with Crippen LogP contribution < -0.4 is 10.6 Å². The SMILES string of the molecule is NCCC1CCN(c2ccccc2F)CC1. The second-order valence-electron chi connectivity index (χ2n) is 4.46. The number of piperidine rings is 1. The molecule has 1 aromatic carbocycles. The van der Waals surface area contributed by atoms with E-state index >= 15 is 0 Å². The second-order valence-corrected chi connectivity index (χ2v) is 4.46. The Bertz CT molecular complexity index is 332. The number of hydrogen-bond acceptors (Lipinski definition) is 2. The highest BCUT2D eigenvalue weighted by atomic mass is 19.1. The number of hydrogen-bond donors (Lipinski definition) is 1. The molecule has 2 N–H and O–H groups in total. The maximum atomic E-state index is 13.6. The van der Waals surface area contributed by atoms with Crippen molar-refractivity contribution in [2.45, 2.75) is 19.3 Å².